The molecule has 4 aromatic rings. The van der Waals surface area contributed by atoms with Crippen molar-refractivity contribution in [1.29, 1.82) is 0 Å². The molecule has 0 aliphatic carbocycles. The molecule has 3 heterocycles. The number of aromatic amines is 1. The average molecular weight is 400 g/mol. The van der Waals surface area contributed by atoms with E-state index in [0.717, 1.165) is 36.2 Å². The highest BCUT2D eigenvalue weighted by Crippen LogP contribution is 2.25. The largest absolute Gasteiger partial charge is 0.382 e. The fourth-order valence-electron chi connectivity index (χ4n) is 3.01. The van der Waals surface area contributed by atoms with Crippen LogP contribution in [0.3, 0.4) is 0 Å². The SMILES string of the molecule is Cl.O=c1[nH]nc2c(NCCCc3ccncc3)cc(-c3ccc(F)cc3)cn12. The first-order chi connectivity index (χ1) is 13.2. The maximum atomic E-state index is 13.2. The van der Waals surface area contributed by atoms with Gasteiger partial charge in [-0.05, 0) is 54.3 Å². The van der Waals surface area contributed by atoms with Crippen molar-refractivity contribution in [2.75, 3.05) is 11.9 Å². The number of aryl methyl sites for hydroxylation is 1. The number of fused-ring (bicyclic) bond motifs is 1. The van der Waals surface area contributed by atoms with E-state index in [4.69, 9.17) is 0 Å². The molecular formula is C20H19ClFN5O. The van der Waals surface area contributed by atoms with Gasteiger partial charge in [0.15, 0.2) is 5.65 Å². The first-order valence-electron chi connectivity index (χ1n) is 8.70. The van der Waals surface area contributed by atoms with Gasteiger partial charge in [0.1, 0.15) is 5.82 Å². The van der Waals surface area contributed by atoms with E-state index in [1.165, 1.54) is 22.1 Å². The third-order valence-corrected chi connectivity index (χ3v) is 4.40. The predicted molar refractivity (Wildman–Crippen MR) is 110 cm³/mol. The second-order valence-corrected chi connectivity index (χ2v) is 6.26. The van der Waals surface area contributed by atoms with Crippen LogP contribution in [0.2, 0.25) is 0 Å². The number of halogens is 2. The molecule has 0 saturated carbocycles. The lowest BCUT2D eigenvalue weighted by Crippen LogP contribution is -2.11. The fraction of sp³-hybridized carbons (Fsp3) is 0.150. The Morgan fingerprint density at radius 1 is 1.07 bits per heavy atom. The van der Waals surface area contributed by atoms with Crippen molar-refractivity contribution >= 4 is 23.7 Å². The molecule has 0 unspecified atom stereocenters. The molecule has 0 aliphatic heterocycles. The van der Waals surface area contributed by atoms with Gasteiger partial charge in [-0.2, -0.15) is 5.10 Å². The summed E-state index contributed by atoms with van der Waals surface area (Å²) >= 11 is 0. The number of aromatic nitrogens is 4. The summed E-state index contributed by atoms with van der Waals surface area (Å²) in [6.07, 6.45) is 7.13. The molecule has 6 nitrogen and oxygen atoms in total. The number of anilines is 1. The lowest BCUT2D eigenvalue weighted by Gasteiger charge is -2.10. The third kappa shape index (κ3) is 4.20. The Labute approximate surface area is 166 Å². The number of hydrogen-bond donors (Lipinski definition) is 2. The summed E-state index contributed by atoms with van der Waals surface area (Å²) in [6, 6.07) is 12.1. The number of pyridine rings is 2. The van der Waals surface area contributed by atoms with Crippen LogP contribution in [0, 0.1) is 5.82 Å². The summed E-state index contributed by atoms with van der Waals surface area (Å²) in [6.45, 7) is 0.728. The van der Waals surface area contributed by atoms with Gasteiger partial charge < -0.3 is 5.32 Å². The smallest absolute Gasteiger partial charge is 0.347 e. The predicted octanol–water partition coefficient (Wildman–Crippen LogP) is 3.69. The number of nitrogens with one attached hydrogen (secondary N) is 2. The maximum absolute atomic E-state index is 13.2. The van der Waals surface area contributed by atoms with Gasteiger partial charge in [-0.3, -0.25) is 4.98 Å². The summed E-state index contributed by atoms with van der Waals surface area (Å²) in [5.41, 5.74) is 3.84. The van der Waals surface area contributed by atoms with Crippen LogP contribution in [0.5, 0.6) is 0 Å². The summed E-state index contributed by atoms with van der Waals surface area (Å²) in [4.78, 5) is 16.1. The zero-order valence-electron chi connectivity index (χ0n) is 14.9. The lowest BCUT2D eigenvalue weighted by atomic mass is 10.1. The summed E-state index contributed by atoms with van der Waals surface area (Å²) in [5.74, 6) is -0.297. The Morgan fingerprint density at radius 3 is 2.57 bits per heavy atom. The molecule has 0 saturated heterocycles. The molecule has 28 heavy (non-hydrogen) atoms. The highest BCUT2D eigenvalue weighted by Gasteiger charge is 2.10. The minimum atomic E-state index is -0.311. The van der Waals surface area contributed by atoms with Crippen molar-refractivity contribution in [2.45, 2.75) is 12.8 Å². The average Bonchev–Trinajstić information content (AvgIpc) is 3.08. The Hall–Kier alpha value is -3.19. The summed E-state index contributed by atoms with van der Waals surface area (Å²) in [5, 5.41) is 9.93. The lowest BCUT2D eigenvalue weighted by molar-refractivity contribution is 0.628. The van der Waals surface area contributed by atoms with Crippen molar-refractivity contribution in [3.63, 3.8) is 0 Å². The second-order valence-electron chi connectivity index (χ2n) is 6.26. The number of H-pyrrole nitrogens is 1. The number of benzene rings is 1. The Morgan fingerprint density at radius 2 is 1.82 bits per heavy atom. The highest BCUT2D eigenvalue weighted by molar-refractivity contribution is 5.85. The highest BCUT2D eigenvalue weighted by atomic mass is 35.5. The molecule has 0 amide bonds. The number of nitrogens with zero attached hydrogens (tertiary/aromatic N) is 3. The van der Waals surface area contributed by atoms with Crippen LogP contribution in [-0.2, 0) is 6.42 Å². The quantitative estimate of drug-likeness (QED) is 0.485. The monoisotopic (exact) mass is 399 g/mol. The summed E-state index contributed by atoms with van der Waals surface area (Å²) in [7, 11) is 0. The van der Waals surface area contributed by atoms with Crippen LogP contribution in [0.25, 0.3) is 16.8 Å². The van der Waals surface area contributed by atoms with Crippen LogP contribution < -0.4 is 11.0 Å². The molecule has 0 atom stereocenters. The standard InChI is InChI=1S/C20H18FN5O.ClH/c21-17-5-3-15(4-6-17)16-12-18(19-24-25-20(27)26(19)13-16)23-9-1-2-14-7-10-22-11-8-14;/h3-8,10-13,23H,1-2,9H2,(H,25,27);1H. The third-order valence-electron chi connectivity index (χ3n) is 4.40. The van der Waals surface area contributed by atoms with E-state index in [-0.39, 0.29) is 23.9 Å². The number of rotatable bonds is 6. The van der Waals surface area contributed by atoms with E-state index in [0.29, 0.717) is 5.65 Å². The topological polar surface area (TPSA) is 75.1 Å². The second kappa shape index (κ2) is 8.67. The van der Waals surface area contributed by atoms with Gasteiger partial charge in [0.2, 0.25) is 0 Å². The summed E-state index contributed by atoms with van der Waals surface area (Å²) < 4.78 is 14.7. The van der Waals surface area contributed by atoms with Crippen molar-refractivity contribution in [3.05, 3.63) is 82.9 Å². The first-order valence-corrected chi connectivity index (χ1v) is 8.70. The van der Waals surface area contributed by atoms with Gasteiger partial charge in [0.05, 0.1) is 5.69 Å². The molecule has 0 radical (unpaired) electrons. The van der Waals surface area contributed by atoms with Gasteiger partial charge in [-0.25, -0.2) is 18.7 Å². The minimum Gasteiger partial charge on any atom is -0.382 e. The normalized spacial score (nSPS) is 10.6. The van der Waals surface area contributed by atoms with E-state index >= 15 is 0 Å². The maximum Gasteiger partial charge on any atom is 0.347 e. The van der Waals surface area contributed by atoms with Gasteiger partial charge in [-0.15, -0.1) is 12.4 Å². The zero-order chi connectivity index (χ0) is 18.6. The van der Waals surface area contributed by atoms with Crippen molar-refractivity contribution in [3.8, 4) is 11.1 Å². The van der Waals surface area contributed by atoms with Crippen LogP contribution in [0.15, 0.2) is 65.8 Å². The molecule has 0 fully saturated rings. The van der Waals surface area contributed by atoms with Gasteiger partial charge in [-0.1, -0.05) is 12.1 Å². The molecule has 1 aromatic carbocycles. The molecular weight excluding hydrogens is 381 g/mol. The van der Waals surface area contributed by atoms with Crippen molar-refractivity contribution in [2.24, 2.45) is 0 Å². The van der Waals surface area contributed by atoms with Crippen molar-refractivity contribution < 1.29 is 4.39 Å². The van der Waals surface area contributed by atoms with Crippen LogP contribution in [-0.4, -0.2) is 26.1 Å². The molecule has 3 aromatic heterocycles. The number of hydrogen-bond acceptors (Lipinski definition) is 4. The van der Waals surface area contributed by atoms with Gasteiger partial charge >= 0.3 is 5.69 Å². The van der Waals surface area contributed by atoms with Crippen molar-refractivity contribution in [1.82, 2.24) is 19.6 Å². The van der Waals surface area contributed by atoms with Crippen LogP contribution in [0.1, 0.15) is 12.0 Å². The molecule has 8 heteroatoms. The van der Waals surface area contributed by atoms with E-state index in [9.17, 15) is 9.18 Å². The van der Waals surface area contributed by atoms with Gasteiger partial charge in [0.25, 0.3) is 0 Å². The molecule has 0 aliphatic rings. The zero-order valence-corrected chi connectivity index (χ0v) is 15.7. The molecule has 144 valence electrons. The first kappa shape index (κ1) is 19.6. The van der Waals surface area contributed by atoms with E-state index in [1.54, 1.807) is 30.7 Å². The Kier molecular flexibility index (Phi) is 6.06. The van der Waals surface area contributed by atoms with E-state index < -0.39 is 0 Å². The molecule has 4 rings (SSSR count). The Balaban J connectivity index is 0.00000225. The fourth-order valence-corrected chi connectivity index (χ4v) is 3.01. The van der Waals surface area contributed by atoms with E-state index in [1.807, 2.05) is 18.2 Å². The molecule has 2 N–H and O–H groups in total. The molecule has 0 spiro atoms. The Bertz CT molecular complexity index is 1110. The van der Waals surface area contributed by atoms with Crippen LogP contribution >= 0.6 is 12.4 Å². The molecule has 0 bridgehead atoms. The minimum absolute atomic E-state index is 0. The van der Waals surface area contributed by atoms with Crippen LogP contribution in [0.4, 0.5) is 10.1 Å². The van der Waals surface area contributed by atoms with Gasteiger partial charge in [0, 0.05) is 30.7 Å². The van der Waals surface area contributed by atoms with E-state index in [2.05, 4.69) is 20.5 Å².